The van der Waals surface area contributed by atoms with Crippen LogP contribution >= 0.6 is 0 Å². The Morgan fingerprint density at radius 2 is 2.25 bits per heavy atom. The molecule has 1 aromatic rings. The minimum Gasteiger partial charge on any atom is -0.465 e. The molecule has 1 heterocycles. The fourth-order valence-electron chi connectivity index (χ4n) is 2.34. The molecule has 2 rings (SSSR count). The van der Waals surface area contributed by atoms with Crippen molar-refractivity contribution in [3.63, 3.8) is 0 Å². The molecule has 0 saturated carbocycles. The van der Waals surface area contributed by atoms with Gasteiger partial charge in [-0.25, -0.2) is 13.6 Å². The Morgan fingerprint density at radius 1 is 1.45 bits per heavy atom. The third-order valence-electron chi connectivity index (χ3n) is 3.46. The summed E-state index contributed by atoms with van der Waals surface area (Å²) < 4.78 is 31.9. The fourth-order valence-corrected chi connectivity index (χ4v) is 2.34. The average molecular weight is 284 g/mol. The van der Waals surface area contributed by atoms with Gasteiger partial charge in [0, 0.05) is 12.6 Å². The second-order valence-electron chi connectivity index (χ2n) is 4.79. The van der Waals surface area contributed by atoms with Crippen molar-refractivity contribution < 1.29 is 18.3 Å². The van der Waals surface area contributed by atoms with Crippen LogP contribution in [0.2, 0.25) is 0 Å². The minimum atomic E-state index is -1.18. The van der Waals surface area contributed by atoms with Gasteiger partial charge in [0.05, 0.1) is 18.4 Å². The van der Waals surface area contributed by atoms with E-state index < -0.39 is 23.2 Å². The van der Waals surface area contributed by atoms with Gasteiger partial charge in [-0.15, -0.1) is 0 Å². The van der Waals surface area contributed by atoms with Gasteiger partial charge in [-0.2, -0.15) is 0 Å². The van der Waals surface area contributed by atoms with Gasteiger partial charge in [-0.05, 0) is 37.9 Å². The predicted octanol–water partition coefficient (Wildman–Crippen LogP) is 2.31. The first kappa shape index (κ1) is 14.7. The molecule has 0 radical (unpaired) electrons. The maximum absolute atomic E-state index is 13.8. The van der Waals surface area contributed by atoms with Crippen LogP contribution in [0.25, 0.3) is 0 Å². The molecule has 1 fully saturated rings. The SMILES string of the molecule is COC(=O)c1ccc(NCC[C@H]2CCCN2)c(F)c1F. The van der Waals surface area contributed by atoms with Gasteiger partial charge in [0.25, 0.3) is 0 Å². The summed E-state index contributed by atoms with van der Waals surface area (Å²) in [5.41, 5.74) is -0.332. The fraction of sp³-hybridized carbons (Fsp3) is 0.500. The number of nitrogens with one attached hydrogen (secondary N) is 2. The molecule has 0 aromatic heterocycles. The van der Waals surface area contributed by atoms with Gasteiger partial charge < -0.3 is 15.4 Å². The van der Waals surface area contributed by atoms with Crippen LogP contribution in [0.5, 0.6) is 0 Å². The van der Waals surface area contributed by atoms with E-state index in [1.165, 1.54) is 12.1 Å². The zero-order valence-electron chi connectivity index (χ0n) is 11.3. The Morgan fingerprint density at radius 3 is 2.90 bits per heavy atom. The standard InChI is InChI=1S/C14H18F2N2O2/c1-20-14(19)10-4-5-11(13(16)12(10)15)18-8-6-9-3-2-7-17-9/h4-5,9,17-18H,2-3,6-8H2,1H3/t9-/m1/s1. The van der Waals surface area contributed by atoms with Crippen LogP contribution in [-0.4, -0.2) is 32.2 Å². The van der Waals surface area contributed by atoms with E-state index in [2.05, 4.69) is 15.4 Å². The predicted molar refractivity (Wildman–Crippen MR) is 71.8 cm³/mol. The number of methoxy groups -OCH3 is 1. The summed E-state index contributed by atoms with van der Waals surface area (Å²) in [5.74, 6) is -3.11. The summed E-state index contributed by atoms with van der Waals surface area (Å²) in [6.45, 7) is 1.56. The lowest BCUT2D eigenvalue weighted by atomic mass is 10.1. The van der Waals surface area contributed by atoms with Crippen LogP contribution in [0.4, 0.5) is 14.5 Å². The number of hydrogen-bond acceptors (Lipinski definition) is 4. The van der Waals surface area contributed by atoms with Crippen molar-refractivity contribution in [2.24, 2.45) is 0 Å². The van der Waals surface area contributed by atoms with E-state index >= 15 is 0 Å². The number of benzene rings is 1. The molecular weight excluding hydrogens is 266 g/mol. The van der Waals surface area contributed by atoms with Gasteiger partial charge >= 0.3 is 5.97 Å². The Balaban J connectivity index is 1.98. The Hall–Kier alpha value is -1.69. The van der Waals surface area contributed by atoms with E-state index in [0.29, 0.717) is 12.6 Å². The summed E-state index contributed by atoms with van der Waals surface area (Å²) in [7, 11) is 1.13. The largest absolute Gasteiger partial charge is 0.465 e. The highest BCUT2D eigenvalue weighted by Crippen LogP contribution is 2.21. The normalized spacial score (nSPS) is 18.1. The van der Waals surface area contributed by atoms with E-state index in [4.69, 9.17) is 0 Å². The van der Waals surface area contributed by atoms with Crippen LogP contribution in [0, 0.1) is 11.6 Å². The Bertz CT molecular complexity index is 488. The minimum absolute atomic E-state index is 0.0631. The number of rotatable bonds is 5. The molecule has 0 bridgehead atoms. The quantitative estimate of drug-likeness (QED) is 0.815. The molecule has 1 atom stereocenters. The zero-order valence-corrected chi connectivity index (χ0v) is 11.3. The van der Waals surface area contributed by atoms with Crippen molar-refractivity contribution >= 4 is 11.7 Å². The highest BCUT2D eigenvalue weighted by molar-refractivity contribution is 5.90. The molecule has 20 heavy (non-hydrogen) atoms. The summed E-state index contributed by atoms with van der Waals surface area (Å²) >= 11 is 0. The third-order valence-corrected chi connectivity index (χ3v) is 3.46. The molecule has 0 amide bonds. The molecule has 6 heteroatoms. The molecule has 1 saturated heterocycles. The molecule has 1 aliphatic rings. The summed E-state index contributed by atoms with van der Waals surface area (Å²) in [6, 6.07) is 3.01. The molecule has 0 aliphatic carbocycles. The second kappa shape index (κ2) is 6.65. The van der Waals surface area contributed by atoms with Gasteiger partial charge in [0.1, 0.15) is 0 Å². The lowest BCUT2D eigenvalue weighted by Crippen LogP contribution is -2.24. The van der Waals surface area contributed by atoms with Crippen LogP contribution < -0.4 is 10.6 Å². The van der Waals surface area contributed by atoms with E-state index in [9.17, 15) is 13.6 Å². The first-order valence-electron chi connectivity index (χ1n) is 6.67. The number of esters is 1. The zero-order chi connectivity index (χ0) is 14.5. The Kier molecular flexibility index (Phi) is 4.89. The van der Waals surface area contributed by atoms with Crippen molar-refractivity contribution in [2.45, 2.75) is 25.3 Å². The van der Waals surface area contributed by atoms with E-state index in [0.717, 1.165) is 32.9 Å². The number of ether oxygens (including phenoxy) is 1. The molecule has 0 unspecified atom stereocenters. The van der Waals surface area contributed by atoms with E-state index in [-0.39, 0.29) is 5.69 Å². The summed E-state index contributed by atoms with van der Waals surface area (Å²) in [6.07, 6.45) is 3.11. The number of anilines is 1. The molecule has 110 valence electrons. The van der Waals surface area contributed by atoms with E-state index in [1.807, 2.05) is 0 Å². The summed E-state index contributed by atoms with van der Waals surface area (Å²) in [4.78, 5) is 11.2. The van der Waals surface area contributed by atoms with Gasteiger partial charge in [-0.3, -0.25) is 0 Å². The van der Waals surface area contributed by atoms with Gasteiger partial charge in [0.2, 0.25) is 0 Å². The van der Waals surface area contributed by atoms with Gasteiger partial charge in [-0.1, -0.05) is 0 Å². The first-order chi connectivity index (χ1) is 9.63. The van der Waals surface area contributed by atoms with E-state index in [1.54, 1.807) is 0 Å². The van der Waals surface area contributed by atoms with Gasteiger partial charge in [0.15, 0.2) is 11.6 Å². The number of hydrogen-bond donors (Lipinski definition) is 2. The molecule has 2 N–H and O–H groups in total. The molecule has 1 aliphatic heterocycles. The lowest BCUT2D eigenvalue weighted by Gasteiger charge is -2.13. The highest BCUT2D eigenvalue weighted by atomic mass is 19.2. The second-order valence-corrected chi connectivity index (χ2v) is 4.79. The Labute approximate surface area is 116 Å². The highest BCUT2D eigenvalue weighted by Gasteiger charge is 2.19. The smallest absolute Gasteiger partial charge is 0.340 e. The van der Waals surface area contributed by atoms with Crippen LogP contribution in [0.15, 0.2) is 12.1 Å². The molecular formula is C14H18F2N2O2. The number of carbonyl (C=O) groups excluding carboxylic acids is 1. The molecule has 1 aromatic carbocycles. The van der Waals surface area contributed by atoms with Crippen LogP contribution in [0.1, 0.15) is 29.6 Å². The van der Waals surface area contributed by atoms with Crippen molar-refractivity contribution in [3.8, 4) is 0 Å². The van der Waals surface area contributed by atoms with Crippen molar-refractivity contribution in [2.75, 3.05) is 25.5 Å². The van der Waals surface area contributed by atoms with Crippen molar-refractivity contribution in [3.05, 3.63) is 29.3 Å². The third kappa shape index (κ3) is 3.25. The molecule has 4 nitrogen and oxygen atoms in total. The topological polar surface area (TPSA) is 50.4 Å². The maximum atomic E-state index is 13.8. The maximum Gasteiger partial charge on any atom is 0.340 e. The van der Waals surface area contributed by atoms with Crippen molar-refractivity contribution in [1.29, 1.82) is 0 Å². The number of carbonyl (C=O) groups is 1. The average Bonchev–Trinajstić information content (AvgIpc) is 2.96. The monoisotopic (exact) mass is 284 g/mol. The van der Waals surface area contributed by atoms with Crippen molar-refractivity contribution in [1.82, 2.24) is 5.32 Å². The summed E-state index contributed by atoms with van der Waals surface area (Å²) in [5, 5.41) is 6.19. The van der Waals surface area contributed by atoms with Crippen LogP contribution in [0.3, 0.4) is 0 Å². The first-order valence-corrected chi connectivity index (χ1v) is 6.67. The number of halogens is 2. The molecule has 0 spiro atoms. The lowest BCUT2D eigenvalue weighted by molar-refractivity contribution is 0.0594. The van der Waals surface area contributed by atoms with Crippen LogP contribution in [-0.2, 0) is 4.74 Å².